The van der Waals surface area contributed by atoms with Crippen LogP contribution < -0.4 is 10.6 Å². The Kier molecular flexibility index (Phi) is 2.42. The molecule has 0 radical (unpaired) electrons. The molecule has 4 heteroatoms. The zero-order valence-corrected chi connectivity index (χ0v) is 9.41. The average molecular weight is 218 g/mol. The predicted molar refractivity (Wildman–Crippen MR) is 61.2 cm³/mol. The van der Waals surface area contributed by atoms with Gasteiger partial charge in [0, 0.05) is 5.69 Å². The maximum absolute atomic E-state index is 11.7. The molecule has 0 aromatic heterocycles. The summed E-state index contributed by atoms with van der Waals surface area (Å²) in [6, 6.07) is 3.95. The van der Waals surface area contributed by atoms with Crippen LogP contribution in [-0.4, -0.2) is 18.4 Å². The molecule has 2 amide bonds. The lowest BCUT2D eigenvalue weighted by atomic mass is 10.0. The van der Waals surface area contributed by atoms with Gasteiger partial charge in [0.15, 0.2) is 0 Å². The summed E-state index contributed by atoms with van der Waals surface area (Å²) in [6.07, 6.45) is 0.365. The van der Waals surface area contributed by atoms with Crippen LogP contribution in [0.3, 0.4) is 0 Å². The fourth-order valence-corrected chi connectivity index (χ4v) is 1.98. The van der Waals surface area contributed by atoms with Crippen LogP contribution >= 0.6 is 0 Å². The van der Waals surface area contributed by atoms with E-state index in [1.54, 1.807) is 0 Å². The molecule has 16 heavy (non-hydrogen) atoms. The lowest BCUT2D eigenvalue weighted by Gasteiger charge is -2.16. The first-order valence-electron chi connectivity index (χ1n) is 5.18. The lowest BCUT2D eigenvalue weighted by molar-refractivity contribution is -0.121. The van der Waals surface area contributed by atoms with Crippen LogP contribution in [0.4, 0.5) is 5.69 Å². The van der Waals surface area contributed by atoms with Gasteiger partial charge in [-0.25, -0.2) is 0 Å². The number of carbonyl (C=O) groups excluding carboxylic acids is 2. The number of aryl methyl sites for hydroxylation is 2. The maximum Gasteiger partial charge on any atom is 0.237 e. The van der Waals surface area contributed by atoms with Crippen LogP contribution in [0.1, 0.15) is 16.7 Å². The molecule has 1 aromatic rings. The summed E-state index contributed by atoms with van der Waals surface area (Å²) in [4.78, 5) is 24.1. The molecule has 84 valence electrons. The molecule has 0 saturated heterocycles. The van der Waals surface area contributed by atoms with Crippen molar-refractivity contribution in [3.63, 3.8) is 0 Å². The van der Waals surface area contributed by atoms with E-state index in [-0.39, 0.29) is 12.5 Å². The van der Waals surface area contributed by atoms with Crippen LogP contribution in [0.2, 0.25) is 0 Å². The van der Waals surface area contributed by atoms with Gasteiger partial charge in [-0.2, -0.15) is 0 Å². The number of amides is 2. The molecule has 1 aliphatic heterocycles. The summed E-state index contributed by atoms with van der Waals surface area (Å²) in [5, 5.41) is 0. The summed E-state index contributed by atoms with van der Waals surface area (Å²) in [7, 11) is 0. The molecule has 1 aliphatic rings. The minimum atomic E-state index is -0.487. The first-order chi connectivity index (χ1) is 7.49. The number of hydrogen-bond acceptors (Lipinski definition) is 2. The smallest absolute Gasteiger partial charge is 0.237 e. The zero-order valence-electron chi connectivity index (χ0n) is 9.41. The van der Waals surface area contributed by atoms with Gasteiger partial charge in [0.25, 0.3) is 0 Å². The third kappa shape index (κ3) is 1.66. The van der Waals surface area contributed by atoms with Crippen molar-refractivity contribution < 1.29 is 9.59 Å². The minimum Gasteiger partial charge on any atom is -0.368 e. The molecule has 0 saturated carbocycles. The molecule has 2 N–H and O–H groups in total. The zero-order chi connectivity index (χ0) is 11.9. The minimum absolute atomic E-state index is 0.0334. The number of rotatable bonds is 2. The Labute approximate surface area is 94.0 Å². The molecule has 1 heterocycles. The van der Waals surface area contributed by atoms with Gasteiger partial charge < -0.3 is 10.6 Å². The second-order valence-corrected chi connectivity index (χ2v) is 4.19. The Morgan fingerprint density at radius 1 is 1.38 bits per heavy atom. The molecule has 0 bridgehead atoms. The van der Waals surface area contributed by atoms with E-state index < -0.39 is 5.91 Å². The quantitative estimate of drug-likeness (QED) is 0.793. The van der Waals surface area contributed by atoms with E-state index in [1.165, 1.54) is 4.90 Å². The van der Waals surface area contributed by atoms with Crippen LogP contribution in [0.5, 0.6) is 0 Å². The fraction of sp³-hybridized carbons (Fsp3) is 0.333. The maximum atomic E-state index is 11.7. The van der Waals surface area contributed by atoms with Crippen molar-refractivity contribution >= 4 is 17.5 Å². The van der Waals surface area contributed by atoms with Gasteiger partial charge in [0.05, 0.1) is 6.42 Å². The van der Waals surface area contributed by atoms with Gasteiger partial charge in [-0.05, 0) is 36.6 Å². The largest absolute Gasteiger partial charge is 0.368 e. The SMILES string of the molecule is Cc1cc2c(cc1C)N(CC(N)=O)C(=O)C2. The molecular formula is C12H14N2O2. The van der Waals surface area contributed by atoms with Crippen molar-refractivity contribution in [2.45, 2.75) is 20.3 Å². The number of carbonyl (C=O) groups is 2. The summed E-state index contributed by atoms with van der Waals surface area (Å²) in [5.74, 6) is -0.543. The van der Waals surface area contributed by atoms with Crippen molar-refractivity contribution in [3.8, 4) is 0 Å². The molecule has 0 aliphatic carbocycles. The van der Waals surface area contributed by atoms with Crippen LogP contribution in [0.15, 0.2) is 12.1 Å². The third-order valence-corrected chi connectivity index (χ3v) is 2.94. The van der Waals surface area contributed by atoms with E-state index in [1.807, 2.05) is 26.0 Å². The number of nitrogens with zero attached hydrogens (tertiary/aromatic N) is 1. The molecule has 0 unspecified atom stereocenters. The molecule has 1 aromatic carbocycles. The highest BCUT2D eigenvalue weighted by molar-refractivity contribution is 6.04. The first-order valence-corrected chi connectivity index (χ1v) is 5.18. The van der Waals surface area contributed by atoms with E-state index in [0.29, 0.717) is 6.42 Å². The van der Waals surface area contributed by atoms with E-state index in [0.717, 1.165) is 22.4 Å². The Balaban J connectivity index is 2.44. The fourth-order valence-electron chi connectivity index (χ4n) is 1.98. The Morgan fingerprint density at radius 3 is 2.62 bits per heavy atom. The van der Waals surface area contributed by atoms with Crippen molar-refractivity contribution in [2.24, 2.45) is 5.73 Å². The van der Waals surface area contributed by atoms with Crippen LogP contribution in [-0.2, 0) is 16.0 Å². The third-order valence-electron chi connectivity index (χ3n) is 2.94. The van der Waals surface area contributed by atoms with Crippen LogP contribution in [0, 0.1) is 13.8 Å². The van der Waals surface area contributed by atoms with E-state index in [2.05, 4.69) is 0 Å². The number of hydrogen-bond donors (Lipinski definition) is 1. The summed E-state index contributed by atoms with van der Waals surface area (Å²) < 4.78 is 0. The second-order valence-electron chi connectivity index (χ2n) is 4.19. The van der Waals surface area contributed by atoms with Gasteiger partial charge in [-0.15, -0.1) is 0 Å². The Morgan fingerprint density at radius 2 is 2.00 bits per heavy atom. The standard InChI is InChI=1S/C12H14N2O2/c1-7-3-9-5-12(16)14(6-11(13)15)10(9)4-8(7)2/h3-4H,5-6H2,1-2H3,(H2,13,15). The van der Waals surface area contributed by atoms with Crippen molar-refractivity contribution in [1.29, 1.82) is 0 Å². The van der Waals surface area contributed by atoms with Gasteiger partial charge in [0.2, 0.25) is 11.8 Å². The Bertz CT molecular complexity index is 480. The van der Waals surface area contributed by atoms with Gasteiger partial charge in [0.1, 0.15) is 6.54 Å². The number of primary amides is 1. The highest BCUT2D eigenvalue weighted by Gasteiger charge is 2.28. The molecule has 2 rings (SSSR count). The molecular weight excluding hydrogens is 204 g/mol. The number of nitrogens with two attached hydrogens (primary N) is 1. The highest BCUT2D eigenvalue weighted by Crippen LogP contribution is 2.31. The van der Waals surface area contributed by atoms with Crippen molar-refractivity contribution in [1.82, 2.24) is 0 Å². The van der Waals surface area contributed by atoms with Crippen LogP contribution in [0.25, 0.3) is 0 Å². The van der Waals surface area contributed by atoms with E-state index >= 15 is 0 Å². The van der Waals surface area contributed by atoms with Crippen molar-refractivity contribution in [3.05, 3.63) is 28.8 Å². The monoisotopic (exact) mass is 218 g/mol. The molecule has 0 atom stereocenters. The van der Waals surface area contributed by atoms with Crippen molar-refractivity contribution in [2.75, 3.05) is 11.4 Å². The number of benzene rings is 1. The van der Waals surface area contributed by atoms with Gasteiger partial charge in [-0.1, -0.05) is 6.07 Å². The second kappa shape index (κ2) is 3.63. The highest BCUT2D eigenvalue weighted by atomic mass is 16.2. The summed E-state index contributed by atoms with van der Waals surface area (Å²) in [6.45, 7) is 3.96. The molecule has 0 spiro atoms. The van der Waals surface area contributed by atoms with E-state index in [9.17, 15) is 9.59 Å². The summed E-state index contributed by atoms with van der Waals surface area (Å²) >= 11 is 0. The normalized spacial score (nSPS) is 14.1. The van der Waals surface area contributed by atoms with Gasteiger partial charge >= 0.3 is 0 Å². The Hall–Kier alpha value is -1.84. The van der Waals surface area contributed by atoms with E-state index in [4.69, 9.17) is 5.73 Å². The molecule has 0 fully saturated rings. The average Bonchev–Trinajstić information content (AvgIpc) is 2.45. The van der Waals surface area contributed by atoms with Gasteiger partial charge in [-0.3, -0.25) is 9.59 Å². The predicted octanol–water partition coefficient (Wildman–Crippen LogP) is 0.678. The summed E-state index contributed by atoms with van der Waals surface area (Å²) in [5.41, 5.74) is 9.21. The number of anilines is 1. The molecule has 4 nitrogen and oxygen atoms in total. The number of fused-ring (bicyclic) bond motifs is 1. The lowest BCUT2D eigenvalue weighted by Crippen LogP contribution is -2.35. The topological polar surface area (TPSA) is 63.4 Å². The first kappa shape index (κ1) is 10.7.